The number of carboxylic acids is 1. The zero-order chi connectivity index (χ0) is 14.7. The molecule has 0 saturated heterocycles. The minimum atomic E-state index is -0.872. The molecule has 5 heteroatoms. The number of hydrogen-bond donors (Lipinski definition) is 2. The summed E-state index contributed by atoms with van der Waals surface area (Å²) in [5.74, 6) is -1.75. The lowest BCUT2D eigenvalue weighted by molar-refractivity contribution is -0.146. The molecule has 5 nitrogen and oxygen atoms in total. The van der Waals surface area contributed by atoms with Gasteiger partial charge in [-0.1, -0.05) is 13.0 Å². The van der Waals surface area contributed by atoms with Gasteiger partial charge in [-0.25, -0.2) is 0 Å². The summed E-state index contributed by atoms with van der Waals surface area (Å²) in [6, 6.07) is 3.54. The van der Waals surface area contributed by atoms with Crippen molar-refractivity contribution in [2.24, 2.45) is 17.8 Å². The number of rotatable bonds is 4. The third-order valence-electron chi connectivity index (χ3n) is 4.00. The van der Waals surface area contributed by atoms with Gasteiger partial charge >= 0.3 is 5.97 Å². The van der Waals surface area contributed by atoms with Crippen LogP contribution in [0, 0.1) is 17.8 Å². The van der Waals surface area contributed by atoms with Gasteiger partial charge in [-0.05, 0) is 37.3 Å². The molecule has 20 heavy (non-hydrogen) atoms. The summed E-state index contributed by atoms with van der Waals surface area (Å²) < 4.78 is 0. The summed E-state index contributed by atoms with van der Waals surface area (Å²) in [4.78, 5) is 27.5. The van der Waals surface area contributed by atoms with Crippen molar-refractivity contribution in [3.63, 3.8) is 0 Å². The predicted octanol–water partition coefficient (Wildman–Crippen LogP) is 2.01. The SMILES string of the molecule is CC1C[C@H](C(=O)N[C@@H](C)c2cccnc2)[C@H](C(=O)O)C1. The van der Waals surface area contributed by atoms with Gasteiger partial charge in [-0.3, -0.25) is 14.6 Å². The van der Waals surface area contributed by atoms with E-state index < -0.39 is 17.8 Å². The minimum Gasteiger partial charge on any atom is -0.481 e. The Morgan fingerprint density at radius 3 is 2.70 bits per heavy atom. The van der Waals surface area contributed by atoms with E-state index in [9.17, 15) is 14.7 Å². The fourth-order valence-corrected chi connectivity index (χ4v) is 2.89. The maximum Gasteiger partial charge on any atom is 0.307 e. The van der Waals surface area contributed by atoms with Crippen LogP contribution in [-0.2, 0) is 9.59 Å². The van der Waals surface area contributed by atoms with Gasteiger partial charge < -0.3 is 10.4 Å². The van der Waals surface area contributed by atoms with Gasteiger partial charge in [-0.15, -0.1) is 0 Å². The average Bonchev–Trinajstić information content (AvgIpc) is 2.82. The topological polar surface area (TPSA) is 79.3 Å². The average molecular weight is 276 g/mol. The third-order valence-corrected chi connectivity index (χ3v) is 4.00. The van der Waals surface area contributed by atoms with E-state index in [1.54, 1.807) is 12.4 Å². The van der Waals surface area contributed by atoms with Crippen LogP contribution < -0.4 is 5.32 Å². The van der Waals surface area contributed by atoms with Crippen molar-refractivity contribution >= 4 is 11.9 Å². The second kappa shape index (κ2) is 6.03. The molecule has 0 bridgehead atoms. The van der Waals surface area contributed by atoms with E-state index in [1.165, 1.54) is 0 Å². The van der Waals surface area contributed by atoms with Gasteiger partial charge in [-0.2, -0.15) is 0 Å². The molecule has 1 aromatic heterocycles. The maximum absolute atomic E-state index is 12.3. The fraction of sp³-hybridized carbons (Fsp3) is 0.533. The van der Waals surface area contributed by atoms with Crippen LogP contribution in [0.25, 0.3) is 0 Å². The smallest absolute Gasteiger partial charge is 0.307 e. The number of nitrogens with zero attached hydrogens (tertiary/aromatic N) is 1. The molecule has 0 radical (unpaired) electrons. The Morgan fingerprint density at radius 1 is 1.40 bits per heavy atom. The highest BCUT2D eigenvalue weighted by molar-refractivity contribution is 5.85. The molecule has 4 atom stereocenters. The van der Waals surface area contributed by atoms with Crippen molar-refractivity contribution in [1.82, 2.24) is 10.3 Å². The first kappa shape index (κ1) is 14.5. The van der Waals surface area contributed by atoms with E-state index in [-0.39, 0.29) is 17.9 Å². The Bertz CT molecular complexity index is 489. The van der Waals surface area contributed by atoms with Crippen LogP contribution >= 0.6 is 0 Å². The number of amides is 1. The first-order valence-electron chi connectivity index (χ1n) is 6.92. The Kier molecular flexibility index (Phi) is 4.37. The summed E-state index contributed by atoms with van der Waals surface area (Å²) in [6.07, 6.45) is 4.60. The Hall–Kier alpha value is -1.91. The minimum absolute atomic E-state index is 0.165. The molecule has 1 aromatic rings. The summed E-state index contributed by atoms with van der Waals surface area (Å²) >= 11 is 0. The van der Waals surface area contributed by atoms with Gasteiger partial charge in [0.15, 0.2) is 0 Å². The van der Waals surface area contributed by atoms with Gasteiger partial charge in [0.05, 0.1) is 17.9 Å². The van der Waals surface area contributed by atoms with Gasteiger partial charge in [0.1, 0.15) is 0 Å². The van der Waals surface area contributed by atoms with Crippen LogP contribution in [0.4, 0.5) is 0 Å². The second-order valence-electron chi connectivity index (χ2n) is 5.64. The number of carbonyl (C=O) groups excluding carboxylic acids is 1. The highest BCUT2D eigenvalue weighted by atomic mass is 16.4. The lowest BCUT2D eigenvalue weighted by Crippen LogP contribution is -2.36. The molecule has 1 unspecified atom stereocenters. The molecular weight excluding hydrogens is 256 g/mol. The molecule has 1 fully saturated rings. The fourth-order valence-electron chi connectivity index (χ4n) is 2.89. The van der Waals surface area contributed by atoms with E-state index in [2.05, 4.69) is 10.3 Å². The van der Waals surface area contributed by atoms with Gasteiger partial charge in [0.2, 0.25) is 5.91 Å². The molecular formula is C15H20N2O3. The van der Waals surface area contributed by atoms with Crippen molar-refractivity contribution in [1.29, 1.82) is 0 Å². The number of aromatic nitrogens is 1. The van der Waals surface area contributed by atoms with E-state index in [0.717, 1.165) is 5.56 Å². The number of hydrogen-bond acceptors (Lipinski definition) is 3. The van der Waals surface area contributed by atoms with Gasteiger partial charge in [0, 0.05) is 12.4 Å². The number of aliphatic carboxylic acids is 1. The van der Waals surface area contributed by atoms with Crippen molar-refractivity contribution in [2.45, 2.75) is 32.7 Å². The summed E-state index contributed by atoms with van der Waals surface area (Å²) in [7, 11) is 0. The monoisotopic (exact) mass is 276 g/mol. The molecule has 2 N–H and O–H groups in total. The lowest BCUT2D eigenvalue weighted by atomic mass is 9.95. The third kappa shape index (κ3) is 3.15. The zero-order valence-corrected chi connectivity index (χ0v) is 11.7. The van der Waals surface area contributed by atoms with Crippen molar-refractivity contribution in [3.05, 3.63) is 30.1 Å². The highest BCUT2D eigenvalue weighted by Crippen LogP contribution is 2.36. The summed E-state index contributed by atoms with van der Waals surface area (Å²) in [6.45, 7) is 3.87. The van der Waals surface area contributed by atoms with E-state index in [1.807, 2.05) is 26.0 Å². The number of pyridine rings is 1. The van der Waals surface area contributed by atoms with Crippen molar-refractivity contribution < 1.29 is 14.7 Å². The predicted molar refractivity (Wildman–Crippen MR) is 73.8 cm³/mol. The Labute approximate surface area is 118 Å². The van der Waals surface area contributed by atoms with E-state index >= 15 is 0 Å². The molecule has 1 saturated carbocycles. The molecule has 1 aliphatic rings. The Morgan fingerprint density at radius 2 is 2.10 bits per heavy atom. The first-order valence-corrected chi connectivity index (χ1v) is 6.92. The summed E-state index contributed by atoms with van der Waals surface area (Å²) in [5.41, 5.74) is 0.916. The van der Waals surface area contributed by atoms with Crippen molar-refractivity contribution in [3.8, 4) is 0 Å². The summed E-state index contributed by atoms with van der Waals surface area (Å²) in [5, 5.41) is 12.1. The lowest BCUT2D eigenvalue weighted by Gasteiger charge is -2.19. The molecule has 1 heterocycles. The second-order valence-corrected chi connectivity index (χ2v) is 5.64. The highest BCUT2D eigenvalue weighted by Gasteiger charge is 2.41. The van der Waals surface area contributed by atoms with Crippen LogP contribution in [0.15, 0.2) is 24.5 Å². The molecule has 2 rings (SSSR count). The van der Waals surface area contributed by atoms with Crippen molar-refractivity contribution in [2.75, 3.05) is 0 Å². The quantitative estimate of drug-likeness (QED) is 0.881. The largest absolute Gasteiger partial charge is 0.481 e. The first-order chi connectivity index (χ1) is 9.49. The molecule has 1 aliphatic carbocycles. The molecule has 0 aliphatic heterocycles. The molecule has 0 spiro atoms. The standard InChI is InChI=1S/C15H20N2O3/c1-9-6-12(13(7-9)15(19)20)14(18)17-10(2)11-4-3-5-16-8-11/h3-5,8-10,12-13H,6-7H2,1-2H3,(H,17,18)(H,19,20)/t9?,10-,12-,13+/m0/s1. The zero-order valence-electron chi connectivity index (χ0n) is 11.7. The number of carbonyl (C=O) groups is 2. The molecule has 108 valence electrons. The van der Waals surface area contributed by atoms with Crippen LogP contribution in [0.5, 0.6) is 0 Å². The van der Waals surface area contributed by atoms with E-state index in [0.29, 0.717) is 12.8 Å². The molecule has 1 amide bonds. The number of carboxylic acid groups (broad SMARTS) is 1. The number of nitrogens with one attached hydrogen (secondary N) is 1. The Balaban J connectivity index is 2.02. The van der Waals surface area contributed by atoms with E-state index in [4.69, 9.17) is 0 Å². The maximum atomic E-state index is 12.3. The van der Waals surface area contributed by atoms with Gasteiger partial charge in [0.25, 0.3) is 0 Å². The normalized spacial score (nSPS) is 27.0. The van der Waals surface area contributed by atoms with Crippen LogP contribution in [-0.4, -0.2) is 22.0 Å². The van der Waals surface area contributed by atoms with Crippen LogP contribution in [0.2, 0.25) is 0 Å². The van der Waals surface area contributed by atoms with Crippen LogP contribution in [0.1, 0.15) is 38.3 Å². The van der Waals surface area contributed by atoms with Crippen LogP contribution in [0.3, 0.4) is 0 Å². The molecule has 0 aromatic carbocycles.